The van der Waals surface area contributed by atoms with E-state index in [2.05, 4.69) is 27.7 Å². The van der Waals surface area contributed by atoms with Gasteiger partial charge in [0.05, 0.1) is 17.8 Å². The molecule has 4 saturated carbocycles. The molecule has 9 atom stereocenters. The summed E-state index contributed by atoms with van der Waals surface area (Å²) in [5.74, 6) is 3.27. The van der Waals surface area contributed by atoms with Crippen LogP contribution in [-0.4, -0.2) is 33.1 Å². The van der Waals surface area contributed by atoms with E-state index in [9.17, 15) is 15.3 Å². The topological polar surface area (TPSA) is 60.7 Å². The third-order valence-electron chi connectivity index (χ3n) is 9.71. The molecule has 3 nitrogen and oxygen atoms in total. The molecule has 3 heteroatoms. The van der Waals surface area contributed by atoms with Crippen LogP contribution in [0, 0.1) is 40.4 Å². The average molecular weight is 351 g/mol. The Morgan fingerprint density at radius 2 is 1.64 bits per heavy atom. The van der Waals surface area contributed by atoms with E-state index in [1.54, 1.807) is 0 Å². The standard InChI is InChI=1S/C22H38O3/c1-13(2)16-5-6-17-15-11-19(24)22(25)12-14(23)7-10-21(22,4)18(15)8-9-20(16,17)3/h13-19,23-25H,5-12H2,1-4H3/t14-,15?,16?,17?,18?,19+,20+,21+,22-/m0/s1. The van der Waals surface area contributed by atoms with E-state index in [1.165, 1.54) is 25.7 Å². The third kappa shape index (κ3) is 2.28. The van der Waals surface area contributed by atoms with Crippen molar-refractivity contribution in [3.8, 4) is 0 Å². The Morgan fingerprint density at radius 1 is 0.920 bits per heavy atom. The van der Waals surface area contributed by atoms with Gasteiger partial charge in [0.2, 0.25) is 0 Å². The highest BCUT2D eigenvalue weighted by Crippen LogP contribution is 2.68. The van der Waals surface area contributed by atoms with Gasteiger partial charge in [0.15, 0.2) is 0 Å². The van der Waals surface area contributed by atoms with E-state index < -0.39 is 17.8 Å². The van der Waals surface area contributed by atoms with Gasteiger partial charge in [0.1, 0.15) is 0 Å². The minimum Gasteiger partial charge on any atom is -0.393 e. The zero-order valence-electron chi connectivity index (χ0n) is 16.5. The molecule has 4 aliphatic carbocycles. The van der Waals surface area contributed by atoms with Crippen molar-refractivity contribution >= 4 is 0 Å². The van der Waals surface area contributed by atoms with E-state index in [0.29, 0.717) is 29.6 Å². The maximum atomic E-state index is 11.5. The Morgan fingerprint density at radius 3 is 2.32 bits per heavy atom. The lowest BCUT2D eigenvalue weighted by molar-refractivity contribution is -0.264. The highest BCUT2D eigenvalue weighted by atomic mass is 16.3. The average Bonchev–Trinajstić information content (AvgIpc) is 2.88. The summed E-state index contributed by atoms with van der Waals surface area (Å²) in [7, 11) is 0. The fraction of sp³-hybridized carbons (Fsp3) is 1.00. The fourth-order valence-corrected chi connectivity index (χ4v) is 8.40. The summed E-state index contributed by atoms with van der Waals surface area (Å²) in [6, 6.07) is 0. The van der Waals surface area contributed by atoms with Crippen LogP contribution in [0.25, 0.3) is 0 Å². The van der Waals surface area contributed by atoms with Crippen molar-refractivity contribution in [2.45, 2.75) is 96.9 Å². The third-order valence-corrected chi connectivity index (χ3v) is 9.71. The van der Waals surface area contributed by atoms with Crippen molar-refractivity contribution in [3.63, 3.8) is 0 Å². The van der Waals surface area contributed by atoms with Gasteiger partial charge in [-0.2, -0.15) is 0 Å². The molecule has 0 aromatic rings. The molecule has 0 bridgehead atoms. The van der Waals surface area contributed by atoms with Crippen LogP contribution in [0.1, 0.15) is 79.1 Å². The summed E-state index contributed by atoms with van der Waals surface area (Å²) in [6.45, 7) is 9.49. The van der Waals surface area contributed by atoms with E-state index in [4.69, 9.17) is 0 Å². The number of fused-ring (bicyclic) bond motifs is 5. The number of hydrogen-bond acceptors (Lipinski definition) is 3. The van der Waals surface area contributed by atoms with Gasteiger partial charge >= 0.3 is 0 Å². The SMILES string of the molecule is CC(C)C1CCC2C3C[C@@H](O)[C@@]4(O)C[C@@H](O)CC[C@]4(C)C3CC[C@]12C. The monoisotopic (exact) mass is 350 g/mol. The van der Waals surface area contributed by atoms with Crippen molar-refractivity contribution in [2.75, 3.05) is 0 Å². The van der Waals surface area contributed by atoms with Crippen LogP contribution in [0.3, 0.4) is 0 Å². The first-order valence-corrected chi connectivity index (χ1v) is 10.7. The molecule has 25 heavy (non-hydrogen) atoms. The molecule has 0 radical (unpaired) electrons. The summed E-state index contributed by atoms with van der Waals surface area (Å²) < 4.78 is 0. The van der Waals surface area contributed by atoms with Crippen LogP contribution in [-0.2, 0) is 0 Å². The van der Waals surface area contributed by atoms with Gasteiger partial charge in [0.25, 0.3) is 0 Å². The Labute approximate surface area is 153 Å². The van der Waals surface area contributed by atoms with Crippen LogP contribution in [0.4, 0.5) is 0 Å². The second-order valence-electron chi connectivity index (χ2n) is 10.8. The molecular weight excluding hydrogens is 312 g/mol. The van der Waals surface area contributed by atoms with Gasteiger partial charge in [-0.05, 0) is 80.0 Å². The summed E-state index contributed by atoms with van der Waals surface area (Å²) >= 11 is 0. The lowest BCUT2D eigenvalue weighted by atomic mass is 9.42. The lowest BCUT2D eigenvalue weighted by Crippen LogP contribution is -2.68. The van der Waals surface area contributed by atoms with E-state index in [1.807, 2.05) is 0 Å². The fourth-order valence-electron chi connectivity index (χ4n) is 8.40. The van der Waals surface area contributed by atoms with Crippen LogP contribution in [0.15, 0.2) is 0 Å². The minimum atomic E-state index is -1.10. The Balaban J connectivity index is 1.68. The van der Waals surface area contributed by atoms with Gasteiger partial charge in [0, 0.05) is 11.8 Å². The van der Waals surface area contributed by atoms with Crippen molar-refractivity contribution in [1.82, 2.24) is 0 Å². The summed E-state index contributed by atoms with van der Waals surface area (Å²) in [5.41, 5.74) is -0.934. The van der Waals surface area contributed by atoms with Gasteiger partial charge < -0.3 is 15.3 Å². The largest absolute Gasteiger partial charge is 0.393 e. The molecule has 0 amide bonds. The Kier molecular flexibility index (Phi) is 4.15. The number of rotatable bonds is 1. The number of aliphatic hydroxyl groups is 3. The zero-order valence-corrected chi connectivity index (χ0v) is 16.5. The first-order chi connectivity index (χ1) is 11.6. The van der Waals surface area contributed by atoms with Crippen LogP contribution in [0.2, 0.25) is 0 Å². The van der Waals surface area contributed by atoms with Crippen molar-refractivity contribution in [1.29, 1.82) is 0 Å². The number of aliphatic hydroxyl groups excluding tert-OH is 2. The van der Waals surface area contributed by atoms with E-state index in [-0.39, 0.29) is 5.41 Å². The van der Waals surface area contributed by atoms with Gasteiger partial charge in [-0.15, -0.1) is 0 Å². The molecule has 0 saturated heterocycles. The summed E-state index contributed by atoms with van der Waals surface area (Å²) in [6.07, 6.45) is 6.63. The van der Waals surface area contributed by atoms with Gasteiger partial charge in [-0.25, -0.2) is 0 Å². The minimum absolute atomic E-state index is 0.244. The van der Waals surface area contributed by atoms with E-state index in [0.717, 1.165) is 31.1 Å². The molecule has 0 spiro atoms. The quantitative estimate of drug-likeness (QED) is 0.675. The molecule has 4 fully saturated rings. The molecule has 0 aromatic carbocycles. The van der Waals surface area contributed by atoms with Gasteiger partial charge in [-0.1, -0.05) is 27.7 Å². The molecule has 0 aromatic heterocycles. The number of hydrogen-bond donors (Lipinski definition) is 3. The predicted octanol–water partition coefficient (Wildman–Crippen LogP) is 3.75. The lowest BCUT2D eigenvalue weighted by Gasteiger charge is -2.65. The maximum Gasteiger partial charge on any atom is 0.0985 e. The maximum absolute atomic E-state index is 11.5. The predicted molar refractivity (Wildman–Crippen MR) is 98.9 cm³/mol. The Hall–Kier alpha value is -0.120. The molecule has 144 valence electrons. The molecule has 4 unspecified atom stereocenters. The second-order valence-corrected chi connectivity index (χ2v) is 10.8. The molecule has 4 rings (SSSR count). The highest BCUT2D eigenvalue weighted by molar-refractivity contribution is 5.17. The van der Waals surface area contributed by atoms with Crippen LogP contribution in [0.5, 0.6) is 0 Å². The molecule has 0 aliphatic heterocycles. The first-order valence-electron chi connectivity index (χ1n) is 10.7. The Bertz CT molecular complexity index is 533. The first kappa shape index (κ1) is 18.3. The molecule has 3 N–H and O–H groups in total. The smallest absolute Gasteiger partial charge is 0.0985 e. The van der Waals surface area contributed by atoms with Crippen molar-refractivity contribution < 1.29 is 15.3 Å². The van der Waals surface area contributed by atoms with E-state index >= 15 is 0 Å². The summed E-state index contributed by atoms with van der Waals surface area (Å²) in [4.78, 5) is 0. The van der Waals surface area contributed by atoms with Crippen molar-refractivity contribution in [3.05, 3.63) is 0 Å². The molecular formula is C22H38O3. The normalized spacial score (nSPS) is 58.6. The molecule has 4 aliphatic rings. The van der Waals surface area contributed by atoms with Gasteiger partial charge in [-0.3, -0.25) is 0 Å². The summed E-state index contributed by atoms with van der Waals surface area (Å²) in [5, 5.41) is 32.6. The zero-order chi connectivity index (χ0) is 18.2. The second kappa shape index (κ2) is 5.69. The highest BCUT2D eigenvalue weighted by Gasteiger charge is 2.67. The van der Waals surface area contributed by atoms with Crippen LogP contribution < -0.4 is 0 Å². The van der Waals surface area contributed by atoms with Crippen LogP contribution >= 0.6 is 0 Å². The van der Waals surface area contributed by atoms with Crippen molar-refractivity contribution in [2.24, 2.45) is 40.4 Å². The molecule has 0 heterocycles.